The van der Waals surface area contributed by atoms with Crippen LogP contribution in [-0.2, 0) is 12.1 Å². The van der Waals surface area contributed by atoms with Crippen molar-refractivity contribution in [2.24, 2.45) is 0 Å². The summed E-state index contributed by atoms with van der Waals surface area (Å²) in [6.45, 7) is 1.63. The fourth-order valence-electron chi connectivity index (χ4n) is 4.94. The standard InChI is InChI=1S/C22H30N4O/c1-25(2)22(19-6-4-3-5-7-19)12-10-21(11-13-22)17-26(20(27)24-21)16-18-8-14-23-15-9-18/h3-9,14-15,20,24,27H,10-13,16-17H2,1-2H3/t20?,21-,22+. The number of aliphatic hydroxyl groups excluding tert-OH is 1. The number of pyridine rings is 1. The Bertz CT molecular complexity index is 741. The Hall–Kier alpha value is -1.79. The third-order valence-electron chi connectivity index (χ3n) is 6.62. The molecule has 2 fully saturated rings. The van der Waals surface area contributed by atoms with Gasteiger partial charge in [0, 0.05) is 36.6 Å². The quantitative estimate of drug-likeness (QED) is 0.871. The van der Waals surface area contributed by atoms with Gasteiger partial charge in [0.25, 0.3) is 0 Å². The average Bonchev–Trinajstić information content (AvgIpc) is 2.99. The van der Waals surface area contributed by atoms with Crippen molar-refractivity contribution < 1.29 is 5.11 Å². The number of hydrogen-bond donors (Lipinski definition) is 2. The number of aliphatic hydroxyl groups is 1. The van der Waals surface area contributed by atoms with E-state index in [0.29, 0.717) is 0 Å². The molecule has 1 spiro atoms. The molecule has 1 aromatic carbocycles. The molecule has 2 aliphatic rings. The Labute approximate surface area is 162 Å². The minimum absolute atomic E-state index is 0.000732. The summed E-state index contributed by atoms with van der Waals surface area (Å²) in [5.74, 6) is 0. The first kappa shape index (κ1) is 18.6. The Kier molecular flexibility index (Phi) is 5.03. The van der Waals surface area contributed by atoms with Crippen molar-refractivity contribution in [1.29, 1.82) is 0 Å². The molecule has 144 valence electrons. The molecule has 1 saturated carbocycles. The minimum atomic E-state index is -0.582. The summed E-state index contributed by atoms with van der Waals surface area (Å²) < 4.78 is 0. The van der Waals surface area contributed by atoms with Crippen molar-refractivity contribution in [1.82, 2.24) is 20.1 Å². The van der Waals surface area contributed by atoms with E-state index in [1.165, 1.54) is 11.1 Å². The molecule has 0 amide bonds. The highest BCUT2D eigenvalue weighted by molar-refractivity contribution is 5.26. The van der Waals surface area contributed by atoms with Crippen molar-refractivity contribution in [2.75, 3.05) is 20.6 Å². The Morgan fingerprint density at radius 3 is 2.37 bits per heavy atom. The number of nitrogens with zero attached hydrogens (tertiary/aromatic N) is 3. The summed E-state index contributed by atoms with van der Waals surface area (Å²) in [5, 5.41) is 14.1. The van der Waals surface area contributed by atoms with Crippen LogP contribution in [0.2, 0.25) is 0 Å². The molecule has 27 heavy (non-hydrogen) atoms. The second kappa shape index (κ2) is 7.32. The van der Waals surface area contributed by atoms with Gasteiger partial charge in [-0.2, -0.15) is 0 Å². The molecule has 5 nitrogen and oxygen atoms in total. The average molecular weight is 367 g/mol. The second-order valence-corrected chi connectivity index (χ2v) is 8.35. The largest absolute Gasteiger partial charge is 0.365 e. The van der Waals surface area contributed by atoms with Crippen LogP contribution in [0.3, 0.4) is 0 Å². The van der Waals surface area contributed by atoms with Crippen LogP contribution in [0.1, 0.15) is 36.8 Å². The van der Waals surface area contributed by atoms with Gasteiger partial charge in [0.15, 0.2) is 6.35 Å². The predicted molar refractivity (Wildman–Crippen MR) is 107 cm³/mol. The van der Waals surface area contributed by atoms with Crippen molar-refractivity contribution >= 4 is 0 Å². The van der Waals surface area contributed by atoms with Crippen LogP contribution in [0.25, 0.3) is 0 Å². The fraction of sp³-hybridized carbons (Fsp3) is 0.500. The van der Waals surface area contributed by atoms with E-state index in [4.69, 9.17) is 0 Å². The van der Waals surface area contributed by atoms with Crippen LogP contribution in [0.5, 0.6) is 0 Å². The summed E-state index contributed by atoms with van der Waals surface area (Å²) in [4.78, 5) is 8.61. The van der Waals surface area contributed by atoms with Gasteiger partial charge < -0.3 is 5.11 Å². The zero-order valence-electron chi connectivity index (χ0n) is 16.3. The first-order valence-corrected chi connectivity index (χ1v) is 9.85. The van der Waals surface area contributed by atoms with Crippen LogP contribution < -0.4 is 5.32 Å². The molecule has 4 rings (SSSR count). The zero-order valence-corrected chi connectivity index (χ0v) is 16.3. The maximum absolute atomic E-state index is 10.6. The molecule has 2 heterocycles. The number of benzene rings is 1. The highest BCUT2D eigenvalue weighted by atomic mass is 16.3. The normalized spacial score (nSPS) is 31.6. The van der Waals surface area contributed by atoms with Crippen molar-refractivity contribution in [3.05, 3.63) is 66.0 Å². The molecule has 1 aromatic heterocycles. The topological polar surface area (TPSA) is 51.6 Å². The Morgan fingerprint density at radius 1 is 1.07 bits per heavy atom. The van der Waals surface area contributed by atoms with Crippen molar-refractivity contribution in [2.45, 2.75) is 49.7 Å². The molecule has 1 saturated heterocycles. The SMILES string of the molecule is CN(C)[C@]1(c2ccccc2)CC[C@]2(CC1)CN(Cc1ccncc1)C(O)N2. The minimum Gasteiger partial charge on any atom is -0.365 e. The maximum atomic E-state index is 10.6. The smallest absolute Gasteiger partial charge is 0.163 e. The summed E-state index contributed by atoms with van der Waals surface area (Å²) >= 11 is 0. The van der Waals surface area contributed by atoms with E-state index in [9.17, 15) is 5.11 Å². The lowest BCUT2D eigenvalue weighted by Gasteiger charge is -2.49. The number of nitrogens with one attached hydrogen (secondary N) is 1. The lowest BCUT2D eigenvalue weighted by molar-refractivity contribution is 0.0126. The van der Waals surface area contributed by atoms with E-state index >= 15 is 0 Å². The summed E-state index contributed by atoms with van der Waals surface area (Å²) in [5.41, 5.74) is 2.67. The highest BCUT2D eigenvalue weighted by Gasteiger charge is 2.49. The van der Waals surface area contributed by atoms with E-state index in [0.717, 1.165) is 38.8 Å². The Balaban J connectivity index is 1.48. The molecule has 0 radical (unpaired) electrons. The zero-order chi connectivity index (χ0) is 18.9. The summed E-state index contributed by atoms with van der Waals surface area (Å²) in [6.07, 6.45) is 7.34. The predicted octanol–water partition coefficient (Wildman–Crippen LogP) is 2.53. The van der Waals surface area contributed by atoms with Crippen LogP contribution in [0.15, 0.2) is 54.9 Å². The fourth-order valence-corrected chi connectivity index (χ4v) is 4.94. The molecule has 1 atom stereocenters. The molecule has 1 aliphatic heterocycles. The van der Waals surface area contributed by atoms with Crippen LogP contribution in [0.4, 0.5) is 0 Å². The third-order valence-corrected chi connectivity index (χ3v) is 6.62. The van der Waals surface area contributed by atoms with Gasteiger partial charge in [0.2, 0.25) is 0 Å². The number of aromatic nitrogens is 1. The van der Waals surface area contributed by atoms with Crippen molar-refractivity contribution in [3.8, 4) is 0 Å². The monoisotopic (exact) mass is 366 g/mol. The van der Waals surface area contributed by atoms with Gasteiger partial charge in [0.1, 0.15) is 0 Å². The van der Waals surface area contributed by atoms with Gasteiger partial charge >= 0.3 is 0 Å². The molecular formula is C22H30N4O. The van der Waals surface area contributed by atoms with E-state index in [2.05, 4.69) is 64.5 Å². The lowest BCUT2D eigenvalue weighted by Crippen LogP contribution is -2.54. The Morgan fingerprint density at radius 2 is 1.74 bits per heavy atom. The van der Waals surface area contributed by atoms with Crippen molar-refractivity contribution in [3.63, 3.8) is 0 Å². The summed E-state index contributed by atoms with van der Waals surface area (Å²) in [7, 11) is 4.38. The molecule has 2 aromatic rings. The van der Waals surface area contributed by atoms with E-state index in [1.807, 2.05) is 24.5 Å². The van der Waals surface area contributed by atoms with E-state index in [-0.39, 0.29) is 11.1 Å². The second-order valence-electron chi connectivity index (χ2n) is 8.35. The molecule has 2 N–H and O–H groups in total. The van der Waals surface area contributed by atoms with Crippen LogP contribution in [-0.4, -0.2) is 52.4 Å². The summed E-state index contributed by atoms with van der Waals surface area (Å²) in [6, 6.07) is 14.9. The molecular weight excluding hydrogens is 336 g/mol. The highest BCUT2D eigenvalue weighted by Crippen LogP contribution is 2.46. The van der Waals surface area contributed by atoms with Gasteiger partial charge in [-0.1, -0.05) is 30.3 Å². The van der Waals surface area contributed by atoms with Gasteiger partial charge in [-0.15, -0.1) is 0 Å². The van der Waals surface area contributed by atoms with Crippen LogP contribution in [0, 0.1) is 0 Å². The van der Waals surface area contributed by atoms with E-state index in [1.54, 1.807) is 0 Å². The number of hydrogen-bond acceptors (Lipinski definition) is 5. The van der Waals surface area contributed by atoms with Gasteiger partial charge in [-0.25, -0.2) is 0 Å². The number of rotatable bonds is 4. The van der Waals surface area contributed by atoms with Crippen LogP contribution >= 0.6 is 0 Å². The molecule has 0 bridgehead atoms. The maximum Gasteiger partial charge on any atom is 0.163 e. The van der Waals surface area contributed by atoms with Gasteiger partial charge in [-0.3, -0.25) is 20.1 Å². The molecule has 1 unspecified atom stereocenters. The van der Waals surface area contributed by atoms with Gasteiger partial charge in [0.05, 0.1) is 0 Å². The van der Waals surface area contributed by atoms with E-state index < -0.39 is 6.35 Å². The third kappa shape index (κ3) is 3.52. The first-order chi connectivity index (χ1) is 13.0. The molecule has 5 heteroatoms. The first-order valence-electron chi connectivity index (χ1n) is 9.85. The molecule has 1 aliphatic carbocycles. The van der Waals surface area contributed by atoms with Gasteiger partial charge in [-0.05, 0) is 63.0 Å². The lowest BCUT2D eigenvalue weighted by atomic mass is 9.69.